The number of hydrogen-bond donors (Lipinski definition) is 1. The Morgan fingerprint density at radius 3 is 2.57 bits per heavy atom. The van der Waals surface area contributed by atoms with Crippen molar-refractivity contribution in [1.82, 2.24) is 10.3 Å². The van der Waals surface area contributed by atoms with Gasteiger partial charge in [-0.3, -0.25) is 0 Å². The van der Waals surface area contributed by atoms with Gasteiger partial charge in [-0.2, -0.15) is 0 Å². The molecule has 21 heavy (non-hydrogen) atoms. The number of hydrogen-bond acceptors (Lipinski definition) is 3. The van der Waals surface area contributed by atoms with Gasteiger partial charge in [-0.1, -0.05) is 43.1 Å². The third kappa shape index (κ3) is 4.19. The molecule has 0 spiro atoms. The first-order valence-electron chi connectivity index (χ1n) is 7.39. The van der Waals surface area contributed by atoms with E-state index in [-0.39, 0.29) is 0 Å². The molecule has 3 nitrogen and oxygen atoms in total. The summed E-state index contributed by atoms with van der Waals surface area (Å²) in [6.45, 7) is 3.82. The Kier molecular flexibility index (Phi) is 6.03. The van der Waals surface area contributed by atoms with Crippen LogP contribution in [0.15, 0.2) is 42.5 Å². The lowest BCUT2D eigenvalue weighted by molar-refractivity contribution is 0.764. The molecule has 2 rings (SSSR count). The Hall–Kier alpha value is -1.58. The van der Waals surface area contributed by atoms with Crippen LogP contribution in [-0.2, 0) is 6.54 Å². The number of anilines is 2. The molecule has 2 aromatic rings. The van der Waals surface area contributed by atoms with Crippen molar-refractivity contribution in [1.29, 1.82) is 0 Å². The number of unbranched alkanes of at least 4 members (excludes halogenated alkanes) is 1. The fourth-order valence-electron chi connectivity index (χ4n) is 2.21. The summed E-state index contributed by atoms with van der Waals surface area (Å²) in [7, 11) is 1.90. The van der Waals surface area contributed by atoms with E-state index in [0.717, 1.165) is 36.6 Å². The molecule has 0 saturated carbocycles. The summed E-state index contributed by atoms with van der Waals surface area (Å²) < 4.78 is 0. The average Bonchev–Trinajstić information content (AvgIpc) is 2.52. The molecule has 1 aromatic carbocycles. The van der Waals surface area contributed by atoms with Crippen LogP contribution in [0.1, 0.15) is 25.5 Å². The maximum absolute atomic E-state index is 6.21. The lowest BCUT2D eigenvalue weighted by Gasteiger charge is -2.24. The van der Waals surface area contributed by atoms with Gasteiger partial charge in [0.2, 0.25) is 0 Å². The quantitative estimate of drug-likeness (QED) is 0.822. The topological polar surface area (TPSA) is 28.2 Å². The fraction of sp³-hybridized carbons (Fsp3) is 0.353. The molecule has 0 aliphatic carbocycles. The Morgan fingerprint density at radius 1 is 1.14 bits per heavy atom. The first-order valence-corrected chi connectivity index (χ1v) is 7.76. The molecule has 1 heterocycles. The van der Waals surface area contributed by atoms with E-state index in [0.29, 0.717) is 11.6 Å². The van der Waals surface area contributed by atoms with Gasteiger partial charge in [0.25, 0.3) is 0 Å². The number of halogens is 1. The van der Waals surface area contributed by atoms with Crippen molar-refractivity contribution in [2.45, 2.75) is 26.3 Å². The molecule has 112 valence electrons. The second-order valence-corrected chi connectivity index (χ2v) is 5.38. The molecular weight excluding hydrogens is 282 g/mol. The van der Waals surface area contributed by atoms with Crippen LogP contribution in [0.2, 0.25) is 5.02 Å². The van der Waals surface area contributed by atoms with Gasteiger partial charge in [-0.15, -0.1) is 0 Å². The van der Waals surface area contributed by atoms with Crippen molar-refractivity contribution >= 4 is 23.1 Å². The van der Waals surface area contributed by atoms with Crippen molar-refractivity contribution in [2.24, 2.45) is 0 Å². The van der Waals surface area contributed by atoms with Gasteiger partial charge >= 0.3 is 0 Å². The number of nitrogens with zero attached hydrogens (tertiary/aromatic N) is 2. The lowest BCUT2D eigenvalue weighted by atomic mass is 10.2. The monoisotopic (exact) mass is 303 g/mol. The molecule has 0 bridgehead atoms. The van der Waals surface area contributed by atoms with Gasteiger partial charge < -0.3 is 10.2 Å². The van der Waals surface area contributed by atoms with Gasteiger partial charge in [-0.05, 0) is 37.7 Å². The zero-order valence-electron chi connectivity index (χ0n) is 12.6. The molecule has 1 aromatic heterocycles. The van der Waals surface area contributed by atoms with E-state index in [2.05, 4.69) is 41.4 Å². The summed E-state index contributed by atoms with van der Waals surface area (Å²) in [5, 5.41) is 3.81. The first-order chi connectivity index (χ1) is 10.3. The number of benzene rings is 1. The van der Waals surface area contributed by atoms with Crippen LogP contribution in [0.25, 0.3) is 0 Å². The fourth-order valence-corrected chi connectivity index (χ4v) is 2.39. The molecule has 0 atom stereocenters. The molecule has 0 aliphatic rings. The number of pyridine rings is 1. The number of rotatable bonds is 7. The number of nitrogens with one attached hydrogen (secondary N) is 1. The SMILES string of the molecule is CCCCN(c1ccccc1)c1ccc(Cl)c(CNC)n1. The van der Waals surface area contributed by atoms with Crippen LogP contribution in [0.5, 0.6) is 0 Å². The average molecular weight is 304 g/mol. The van der Waals surface area contributed by atoms with E-state index in [9.17, 15) is 0 Å². The maximum atomic E-state index is 6.21. The molecule has 0 aliphatic heterocycles. The van der Waals surface area contributed by atoms with Gasteiger partial charge in [0, 0.05) is 18.8 Å². The summed E-state index contributed by atoms with van der Waals surface area (Å²) in [5.74, 6) is 0.948. The predicted molar refractivity (Wildman–Crippen MR) is 90.4 cm³/mol. The predicted octanol–water partition coefficient (Wildman–Crippen LogP) is 4.39. The highest BCUT2D eigenvalue weighted by Gasteiger charge is 2.12. The van der Waals surface area contributed by atoms with E-state index in [1.54, 1.807) is 0 Å². The highest BCUT2D eigenvalue weighted by Crippen LogP contribution is 2.26. The zero-order chi connectivity index (χ0) is 15.1. The Bertz CT molecular complexity index is 557. The molecule has 1 N–H and O–H groups in total. The molecule has 0 unspecified atom stereocenters. The molecule has 4 heteroatoms. The van der Waals surface area contributed by atoms with Gasteiger partial charge in [-0.25, -0.2) is 4.98 Å². The van der Waals surface area contributed by atoms with Crippen molar-refractivity contribution in [3.8, 4) is 0 Å². The zero-order valence-corrected chi connectivity index (χ0v) is 13.4. The summed E-state index contributed by atoms with van der Waals surface area (Å²) in [5.41, 5.74) is 2.05. The van der Waals surface area contributed by atoms with Crippen LogP contribution >= 0.6 is 11.6 Å². The Morgan fingerprint density at radius 2 is 1.90 bits per heavy atom. The van der Waals surface area contributed by atoms with Crippen molar-refractivity contribution in [2.75, 3.05) is 18.5 Å². The molecular formula is C17H22ClN3. The van der Waals surface area contributed by atoms with Crippen LogP contribution in [-0.4, -0.2) is 18.6 Å². The van der Waals surface area contributed by atoms with Crippen LogP contribution in [0.3, 0.4) is 0 Å². The van der Waals surface area contributed by atoms with E-state index in [1.807, 2.05) is 25.2 Å². The highest BCUT2D eigenvalue weighted by molar-refractivity contribution is 6.31. The normalized spacial score (nSPS) is 10.6. The molecule has 0 radical (unpaired) electrons. The van der Waals surface area contributed by atoms with Crippen molar-refractivity contribution in [3.05, 3.63) is 53.2 Å². The molecule has 0 fully saturated rings. The molecule has 0 saturated heterocycles. The summed E-state index contributed by atoms with van der Waals surface area (Å²) in [4.78, 5) is 6.97. The second-order valence-electron chi connectivity index (χ2n) is 4.97. The standard InChI is InChI=1S/C17H22ClN3/c1-3-4-12-21(14-8-6-5-7-9-14)17-11-10-15(18)16(20-17)13-19-2/h5-11,19H,3-4,12-13H2,1-2H3. The maximum Gasteiger partial charge on any atom is 0.133 e. The minimum atomic E-state index is 0.670. The lowest BCUT2D eigenvalue weighted by Crippen LogP contribution is -2.20. The van der Waals surface area contributed by atoms with Crippen LogP contribution in [0.4, 0.5) is 11.5 Å². The summed E-state index contributed by atoms with van der Waals surface area (Å²) >= 11 is 6.21. The first kappa shape index (κ1) is 15.8. The third-order valence-electron chi connectivity index (χ3n) is 3.33. The van der Waals surface area contributed by atoms with Crippen LogP contribution in [0, 0.1) is 0 Å². The largest absolute Gasteiger partial charge is 0.326 e. The smallest absolute Gasteiger partial charge is 0.133 e. The van der Waals surface area contributed by atoms with E-state index in [1.165, 1.54) is 0 Å². The molecule has 0 amide bonds. The highest BCUT2D eigenvalue weighted by atomic mass is 35.5. The minimum absolute atomic E-state index is 0.670. The summed E-state index contributed by atoms with van der Waals surface area (Å²) in [6, 6.07) is 14.3. The van der Waals surface area contributed by atoms with Crippen molar-refractivity contribution in [3.63, 3.8) is 0 Å². The minimum Gasteiger partial charge on any atom is -0.326 e. The van der Waals surface area contributed by atoms with Crippen molar-refractivity contribution < 1.29 is 0 Å². The third-order valence-corrected chi connectivity index (χ3v) is 3.67. The van der Waals surface area contributed by atoms with E-state index in [4.69, 9.17) is 16.6 Å². The van der Waals surface area contributed by atoms with Gasteiger partial charge in [0.1, 0.15) is 5.82 Å². The second kappa shape index (κ2) is 8.01. The number of para-hydroxylation sites is 1. The summed E-state index contributed by atoms with van der Waals surface area (Å²) in [6.07, 6.45) is 2.28. The van der Waals surface area contributed by atoms with Gasteiger partial charge in [0.05, 0.1) is 10.7 Å². The van der Waals surface area contributed by atoms with Crippen LogP contribution < -0.4 is 10.2 Å². The Balaban J connectivity index is 2.34. The van der Waals surface area contributed by atoms with E-state index >= 15 is 0 Å². The number of aromatic nitrogens is 1. The Labute approximate surface area is 132 Å². The van der Waals surface area contributed by atoms with E-state index < -0.39 is 0 Å². The van der Waals surface area contributed by atoms with Gasteiger partial charge in [0.15, 0.2) is 0 Å².